The Morgan fingerprint density at radius 3 is 2.84 bits per heavy atom. The number of rotatable bonds is 6. The zero-order valence-electron chi connectivity index (χ0n) is 11.2. The topological polar surface area (TPSA) is 56.5 Å². The van der Waals surface area contributed by atoms with Crippen molar-refractivity contribution in [3.05, 3.63) is 42.0 Å². The van der Waals surface area contributed by atoms with Crippen molar-refractivity contribution in [2.75, 3.05) is 7.11 Å². The smallest absolute Gasteiger partial charge is 0.161 e. The van der Waals surface area contributed by atoms with E-state index < -0.39 is 0 Å². The van der Waals surface area contributed by atoms with Crippen molar-refractivity contribution in [2.45, 2.75) is 26.7 Å². The lowest BCUT2D eigenvalue weighted by Crippen LogP contribution is -2.06. The number of aryl methyl sites for hydroxylation is 1. The van der Waals surface area contributed by atoms with E-state index in [0.29, 0.717) is 18.1 Å². The summed E-state index contributed by atoms with van der Waals surface area (Å²) in [5, 5.41) is 9.09. The fraction of sp³-hybridized carbons (Fsp3) is 0.357. The molecule has 1 aromatic carbocycles. The lowest BCUT2D eigenvalue weighted by molar-refractivity contribution is 0.267. The van der Waals surface area contributed by atoms with E-state index in [1.165, 1.54) is 0 Å². The molecule has 0 aliphatic rings. The molecule has 0 amide bonds. The van der Waals surface area contributed by atoms with Gasteiger partial charge in [0.25, 0.3) is 0 Å². The van der Waals surface area contributed by atoms with E-state index in [1.807, 2.05) is 16.8 Å². The van der Waals surface area contributed by atoms with Gasteiger partial charge in [-0.15, -0.1) is 0 Å². The zero-order chi connectivity index (χ0) is 13.7. The first-order valence-corrected chi connectivity index (χ1v) is 6.19. The number of hydrogen-bond donors (Lipinski definition) is 1. The molecule has 2 rings (SSSR count). The standard InChI is InChI=1S/C14H18N2O3/c1-3-16-7-6-15-14(16)10-19-12-5-4-11(9-17)8-13(12)18-2/h4-8,17H,3,9-10H2,1-2H3. The van der Waals surface area contributed by atoms with E-state index in [9.17, 15) is 0 Å². The van der Waals surface area contributed by atoms with Gasteiger partial charge in [0.05, 0.1) is 13.7 Å². The molecule has 0 saturated carbocycles. The SMILES string of the molecule is CCn1ccnc1COc1ccc(CO)cc1OC. The summed E-state index contributed by atoms with van der Waals surface area (Å²) < 4.78 is 13.0. The highest BCUT2D eigenvalue weighted by molar-refractivity contribution is 5.42. The number of aromatic nitrogens is 2. The van der Waals surface area contributed by atoms with Crippen LogP contribution in [-0.2, 0) is 19.8 Å². The molecule has 0 aliphatic carbocycles. The Labute approximate surface area is 112 Å². The highest BCUT2D eigenvalue weighted by Crippen LogP contribution is 2.28. The van der Waals surface area contributed by atoms with Crippen LogP contribution in [0, 0.1) is 0 Å². The number of nitrogens with zero attached hydrogens (tertiary/aromatic N) is 2. The van der Waals surface area contributed by atoms with Crippen molar-refractivity contribution >= 4 is 0 Å². The number of methoxy groups -OCH3 is 1. The summed E-state index contributed by atoms with van der Waals surface area (Å²) in [4.78, 5) is 4.25. The van der Waals surface area contributed by atoms with Crippen molar-refractivity contribution in [3.8, 4) is 11.5 Å². The average molecular weight is 262 g/mol. The summed E-state index contributed by atoms with van der Waals surface area (Å²) in [5.74, 6) is 2.13. The van der Waals surface area contributed by atoms with Gasteiger partial charge in [-0.25, -0.2) is 4.98 Å². The molecule has 0 radical (unpaired) electrons. The van der Waals surface area contributed by atoms with Gasteiger partial charge in [0, 0.05) is 18.9 Å². The second-order valence-corrected chi connectivity index (χ2v) is 4.06. The summed E-state index contributed by atoms with van der Waals surface area (Å²) in [7, 11) is 1.58. The van der Waals surface area contributed by atoms with Crippen LogP contribution in [0.2, 0.25) is 0 Å². The Balaban J connectivity index is 2.11. The van der Waals surface area contributed by atoms with Crippen LogP contribution in [0.4, 0.5) is 0 Å². The van der Waals surface area contributed by atoms with E-state index in [2.05, 4.69) is 11.9 Å². The van der Waals surface area contributed by atoms with Crippen LogP contribution in [0.3, 0.4) is 0 Å². The molecule has 102 valence electrons. The predicted molar refractivity (Wildman–Crippen MR) is 71.1 cm³/mol. The van der Waals surface area contributed by atoms with Gasteiger partial charge in [-0.3, -0.25) is 0 Å². The first-order valence-electron chi connectivity index (χ1n) is 6.19. The van der Waals surface area contributed by atoms with Crippen molar-refractivity contribution in [2.24, 2.45) is 0 Å². The lowest BCUT2D eigenvalue weighted by Gasteiger charge is -2.12. The maximum absolute atomic E-state index is 9.09. The van der Waals surface area contributed by atoms with Crippen molar-refractivity contribution < 1.29 is 14.6 Å². The Morgan fingerprint density at radius 1 is 1.32 bits per heavy atom. The summed E-state index contributed by atoms with van der Waals surface area (Å²) in [6, 6.07) is 5.37. The van der Waals surface area contributed by atoms with Crippen LogP contribution in [0.25, 0.3) is 0 Å². The molecule has 0 atom stereocenters. The molecule has 1 heterocycles. The maximum Gasteiger partial charge on any atom is 0.161 e. The fourth-order valence-electron chi connectivity index (χ4n) is 1.84. The first-order chi connectivity index (χ1) is 9.28. The predicted octanol–water partition coefficient (Wildman–Crippen LogP) is 1.98. The lowest BCUT2D eigenvalue weighted by atomic mass is 10.2. The molecule has 1 N–H and O–H groups in total. The quantitative estimate of drug-likeness (QED) is 0.865. The third-order valence-electron chi connectivity index (χ3n) is 2.91. The van der Waals surface area contributed by atoms with Crippen molar-refractivity contribution in [1.82, 2.24) is 9.55 Å². The minimum Gasteiger partial charge on any atom is -0.493 e. The van der Waals surface area contributed by atoms with Gasteiger partial charge in [-0.05, 0) is 24.6 Å². The van der Waals surface area contributed by atoms with E-state index in [1.54, 1.807) is 25.4 Å². The van der Waals surface area contributed by atoms with Crippen LogP contribution in [0.1, 0.15) is 18.3 Å². The molecule has 5 nitrogen and oxygen atoms in total. The monoisotopic (exact) mass is 262 g/mol. The van der Waals surface area contributed by atoms with Gasteiger partial charge in [-0.1, -0.05) is 6.07 Å². The summed E-state index contributed by atoms with van der Waals surface area (Å²) >= 11 is 0. The Morgan fingerprint density at radius 2 is 2.16 bits per heavy atom. The number of hydrogen-bond acceptors (Lipinski definition) is 4. The Bertz CT molecular complexity index is 537. The number of imidazole rings is 1. The summed E-state index contributed by atoms with van der Waals surface area (Å²) in [5.41, 5.74) is 0.791. The molecule has 0 fully saturated rings. The molecular weight excluding hydrogens is 244 g/mol. The van der Waals surface area contributed by atoms with Crippen LogP contribution in [-0.4, -0.2) is 21.8 Å². The van der Waals surface area contributed by atoms with Crippen LogP contribution in [0.5, 0.6) is 11.5 Å². The third kappa shape index (κ3) is 3.06. The van der Waals surface area contributed by atoms with Crippen LogP contribution in [0.15, 0.2) is 30.6 Å². The largest absolute Gasteiger partial charge is 0.493 e. The second-order valence-electron chi connectivity index (χ2n) is 4.06. The van der Waals surface area contributed by atoms with E-state index >= 15 is 0 Å². The highest BCUT2D eigenvalue weighted by Gasteiger charge is 2.08. The van der Waals surface area contributed by atoms with Gasteiger partial charge in [-0.2, -0.15) is 0 Å². The Kier molecular flexibility index (Phi) is 4.41. The molecule has 0 aliphatic heterocycles. The van der Waals surface area contributed by atoms with Crippen molar-refractivity contribution in [1.29, 1.82) is 0 Å². The fourth-order valence-corrected chi connectivity index (χ4v) is 1.84. The summed E-state index contributed by atoms with van der Waals surface area (Å²) in [6.45, 7) is 3.29. The zero-order valence-corrected chi connectivity index (χ0v) is 11.2. The van der Waals surface area contributed by atoms with E-state index in [-0.39, 0.29) is 6.61 Å². The minimum absolute atomic E-state index is 0.0170. The average Bonchev–Trinajstić information content (AvgIpc) is 2.92. The van der Waals surface area contributed by atoms with Gasteiger partial charge in [0.1, 0.15) is 12.4 Å². The molecule has 1 aromatic heterocycles. The third-order valence-corrected chi connectivity index (χ3v) is 2.91. The van der Waals surface area contributed by atoms with Gasteiger partial charge in [0.15, 0.2) is 11.5 Å². The van der Waals surface area contributed by atoms with E-state index in [4.69, 9.17) is 14.6 Å². The molecule has 0 unspecified atom stereocenters. The molecular formula is C14H18N2O3. The Hall–Kier alpha value is -2.01. The maximum atomic E-state index is 9.09. The molecule has 5 heteroatoms. The molecule has 0 saturated heterocycles. The summed E-state index contributed by atoms with van der Waals surface area (Å²) in [6.07, 6.45) is 3.68. The molecule has 19 heavy (non-hydrogen) atoms. The van der Waals surface area contributed by atoms with Gasteiger partial charge >= 0.3 is 0 Å². The minimum atomic E-state index is -0.0170. The van der Waals surface area contributed by atoms with Crippen molar-refractivity contribution in [3.63, 3.8) is 0 Å². The first kappa shape index (κ1) is 13.4. The van der Waals surface area contributed by atoms with Crippen LogP contribution >= 0.6 is 0 Å². The number of benzene rings is 1. The highest BCUT2D eigenvalue weighted by atomic mass is 16.5. The second kappa shape index (κ2) is 6.24. The number of aliphatic hydroxyl groups is 1. The number of aliphatic hydroxyl groups excluding tert-OH is 1. The number of ether oxygens (including phenoxy) is 2. The van der Waals surface area contributed by atoms with Gasteiger partial charge in [0.2, 0.25) is 0 Å². The van der Waals surface area contributed by atoms with Gasteiger partial charge < -0.3 is 19.1 Å². The van der Waals surface area contributed by atoms with E-state index in [0.717, 1.165) is 17.9 Å². The normalized spacial score (nSPS) is 10.5. The molecule has 0 bridgehead atoms. The molecule has 0 spiro atoms. The van der Waals surface area contributed by atoms with Crippen LogP contribution < -0.4 is 9.47 Å². The molecule has 2 aromatic rings.